The summed E-state index contributed by atoms with van der Waals surface area (Å²) in [5.74, 6) is 0.650. The van der Waals surface area contributed by atoms with E-state index in [9.17, 15) is 14.4 Å². The molecule has 0 saturated carbocycles. The van der Waals surface area contributed by atoms with Gasteiger partial charge >= 0.3 is 0 Å². The van der Waals surface area contributed by atoms with Crippen molar-refractivity contribution in [3.63, 3.8) is 0 Å². The van der Waals surface area contributed by atoms with Crippen LogP contribution in [0.1, 0.15) is 41.0 Å². The van der Waals surface area contributed by atoms with Crippen LogP contribution in [0.4, 0.5) is 0 Å². The first kappa shape index (κ1) is 21.7. The Kier molecular flexibility index (Phi) is 5.41. The molecule has 9 nitrogen and oxygen atoms in total. The van der Waals surface area contributed by atoms with E-state index in [1.54, 1.807) is 11.0 Å². The molecule has 3 aliphatic heterocycles. The number of para-hydroxylation sites is 1. The Labute approximate surface area is 202 Å². The lowest BCUT2D eigenvalue weighted by Crippen LogP contribution is -2.52. The van der Waals surface area contributed by atoms with Gasteiger partial charge in [0.05, 0.1) is 12.1 Å². The van der Waals surface area contributed by atoms with Crippen molar-refractivity contribution in [2.45, 2.75) is 44.5 Å². The number of benzene rings is 2. The quantitative estimate of drug-likeness (QED) is 0.568. The molecule has 1 aromatic heterocycles. The van der Waals surface area contributed by atoms with Gasteiger partial charge in [-0.15, -0.1) is 0 Å². The fraction of sp³-hybridized carbons (Fsp3) is 0.346. The standard InChI is InChI=1S/C26H25N5O4/c32-24-8-7-22(25(33)29-24)31-13-17-11-18(5-6-20(17)26(31)34)35-19-9-10-30(14-19)15-23-27-12-16-3-1-2-4-21(16)28-23/h1-6,11-12,19,22H,7-10,13-15H2,(H,29,32,33). The van der Waals surface area contributed by atoms with E-state index in [2.05, 4.69) is 20.2 Å². The number of ether oxygens (including phenoxy) is 1. The van der Waals surface area contributed by atoms with E-state index in [0.717, 1.165) is 47.6 Å². The van der Waals surface area contributed by atoms with Gasteiger partial charge in [-0.1, -0.05) is 18.2 Å². The molecule has 9 heteroatoms. The monoisotopic (exact) mass is 471 g/mol. The zero-order valence-electron chi connectivity index (χ0n) is 19.1. The number of likely N-dealkylation sites (tertiary alicyclic amines) is 1. The van der Waals surface area contributed by atoms with E-state index >= 15 is 0 Å². The summed E-state index contributed by atoms with van der Waals surface area (Å²) < 4.78 is 6.25. The van der Waals surface area contributed by atoms with E-state index in [4.69, 9.17) is 4.74 Å². The second-order valence-electron chi connectivity index (χ2n) is 9.33. The van der Waals surface area contributed by atoms with Gasteiger partial charge in [0.1, 0.15) is 23.7 Å². The summed E-state index contributed by atoms with van der Waals surface area (Å²) in [6, 6.07) is 12.8. The maximum Gasteiger partial charge on any atom is 0.255 e. The van der Waals surface area contributed by atoms with Gasteiger partial charge in [-0.2, -0.15) is 0 Å². The van der Waals surface area contributed by atoms with Crippen molar-refractivity contribution >= 4 is 28.6 Å². The van der Waals surface area contributed by atoms with Crippen molar-refractivity contribution in [3.05, 3.63) is 65.6 Å². The number of piperidine rings is 1. The molecule has 0 spiro atoms. The number of aromatic nitrogens is 2. The molecular formula is C26H25N5O4. The van der Waals surface area contributed by atoms with Gasteiger partial charge in [-0.3, -0.25) is 24.6 Å². The lowest BCUT2D eigenvalue weighted by atomic mass is 10.0. The normalized spacial score (nSPS) is 22.5. The molecule has 4 heterocycles. The third kappa shape index (κ3) is 4.23. The average molecular weight is 472 g/mol. The van der Waals surface area contributed by atoms with Crippen LogP contribution in [-0.2, 0) is 22.7 Å². The average Bonchev–Trinajstić information content (AvgIpc) is 3.42. The van der Waals surface area contributed by atoms with Crippen LogP contribution >= 0.6 is 0 Å². The van der Waals surface area contributed by atoms with E-state index in [0.29, 0.717) is 25.1 Å². The lowest BCUT2D eigenvalue weighted by Gasteiger charge is -2.29. The Morgan fingerprint density at radius 2 is 1.97 bits per heavy atom. The molecule has 3 aliphatic rings. The largest absolute Gasteiger partial charge is 0.489 e. The molecule has 0 aliphatic carbocycles. The van der Waals surface area contributed by atoms with E-state index in [1.807, 2.05) is 42.6 Å². The number of hydrogen-bond donors (Lipinski definition) is 1. The van der Waals surface area contributed by atoms with Gasteiger partial charge in [0.2, 0.25) is 11.8 Å². The summed E-state index contributed by atoms with van der Waals surface area (Å²) in [5.41, 5.74) is 2.38. The number of rotatable bonds is 5. The van der Waals surface area contributed by atoms with E-state index < -0.39 is 11.9 Å². The van der Waals surface area contributed by atoms with Crippen LogP contribution in [0.3, 0.4) is 0 Å². The van der Waals surface area contributed by atoms with Crippen molar-refractivity contribution in [3.8, 4) is 5.75 Å². The van der Waals surface area contributed by atoms with Crippen LogP contribution in [-0.4, -0.2) is 62.7 Å². The molecular weight excluding hydrogens is 446 g/mol. The van der Waals surface area contributed by atoms with Gasteiger partial charge in [-0.25, -0.2) is 9.97 Å². The molecule has 0 radical (unpaired) electrons. The third-order valence-electron chi connectivity index (χ3n) is 6.93. The minimum absolute atomic E-state index is 0.0387. The molecule has 6 rings (SSSR count). The minimum Gasteiger partial charge on any atom is -0.489 e. The fourth-order valence-corrected chi connectivity index (χ4v) is 5.14. The fourth-order valence-electron chi connectivity index (χ4n) is 5.14. The summed E-state index contributed by atoms with van der Waals surface area (Å²) in [7, 11) is 0. The first-order chi connectivity index (χ1) is 17.0. The smallest absolute Gasteiger partial charge is 0.255 e. The second kappa shape index (κ2) is 8.74. The van der Waals surface area contributed by atoms with Crippen molar-refractivity contribution in [2.24, 2.45) is 0 Å². The van der Waals surface area contributed by atoms with Crippen LogP contribution in [0, 0.1) is 0 Å². The summed E-state index contributed by atoms with van der Waals surface area (Å²) in [6.07, 6.45) is 3.40. The first-order valence-electron chi connectivity index (χ1n) is 11.9. The van der Waals surface area contributed by atoms with Crippen LogP contribution in [0.5, 0.6) is 5.75 Å². The highest BCUT2D eigenvalue weighted by atomic mass is 16.5. The highest BCUT2D eigenvalue weighted by Gasteiger charge is 2.39. The highest BCUT2D eigenvalue weighted by molar-refractivity contribution is 6.05. The van der Waals surface area contributed by atoms with Gasteiger partial charge < -0.3 is 9.64 Å². The molecule has 2 atom stereocenters. The Hall–Kier alpha value is -3.85. The van der Waals surface area contributed by atoms with Crippen LogP contribution in [0.25, 0.3) is 10.9 Å². The zero-order chi connectivity index (χ0) is 23.9. The molecule has 178 valence electrons. The number of carbonyl (C=O) groups is 3. The number of hydrogen-bond acceptors (Lipinski definition) is 7. The van der Waals surface area contributed by atoms with Crippen molar-refractivity contribution in [2.75, 3.05) is 13.1 Å². The number of amides is 3. The topological polar surface area (TPSA) is 105 Å². The van der Waals surface area contributed by atoms with E-state index in [1.165, 1.54) is 0 Å². The molecule has 3 aromatic rings. The Morgan fingerprint density at radius 3 is 2.86 bits per heavy atom. The molecule has 0 bridgehead atoms. The predicted molar refractivity (Wildman–Crippen MR) is 126 cm³/mol. The Morgan fingerprint density at radius 1 is 1.09 bits per heavy atom. The maximum atomic E-state index is 12.9. The van der Waals surface area contributed by atoms with Crippen molar-refractivity contribution < 1.29 is 19.1 Å². The minimum atomic E-state index is -0.613. The first-order valence-corrected chi connectivity index (χ1v) is 11.9. The number of nitrogens with zero attached hydrogens (tertiary/aromatic N) is 4. The molecule has 2 fully saturated rings. The summed E-state index contributed by atoms with van der Waals surface area (Å²) in [5, 5.41) is 3.37. The summed E-state index contributed by atoms with van der Waals surface area (Å²) >= 11 is 0. The Balaban J connectivity index is 1.08. The molecule has 3 amide bonds. The number of nitrogens with one attached hydrogen (secondary N) is 1. The van der Waals surface area contributed by atoms with Gasteiger partial charge in [-0.05, 0) is 42.7 Å². The molecule has 2 aromatic carbocycles. The number of fused-ring (bicyclic) bond motifs is 2. The summed E-state index contributed by atoms with van der Waals surface area (Å²) in [4.78, 5) is 49.6. The molecule has 2 unspecified atom stereocenters. The maximum absolute atomic E-state index is 12.9. The van der Waals surface area contributed by atoms with Gasteiger partial charge in [0.25, 0.3) is 5.91 Å². The predicted octanol–water partition coefficient (Wildman–Crippen LogP) is 2.04. The van der Waals surface area contributed by atoms with Crippen molar-refractivity contribution in [1.29, 1.82) is 0 Å². The van der Waals surface area contributed by atoms with Crippen LogP contribution in [0.15, 0.2) is 48.7 Å². The Bertz CT molecular complexity index is 1340. The lowest BCUT2D eigenvalue weighted by molar-refractivity contribution is -0.136. The highest BCUT2D eigenvalue weighted by Crippen LogP contribution is 2.31. The third-order valence-corrected chi connectivity index (χ3v) is 6.93. The van der Waals surface area contributed by atoms with Crippen LogP contribution < -0.4 is 10.1 Å². The van der Waals surface area contributed by atoms with Crippen LogP contribution in [0.2, 0.25) is 0 Å². The number of imide groups is 1. The molecule has 35 heavy (non-hydrogen) atoms. The zero-order valence-corrected chi connectivity index (χ0v) is 19.1. The second-order valence-corrected chi connectivity index (χ2v) is 9.33. The van der Waals surface area contributed by atoms with Crippen molar-refractivity contribution in [1.82, 2.24) is 25.1 Å². The SMILES string of the molecule is O=C1CCC(N2Cc3cc(OC4CCN(Cc5ncc6ccccc6n5)C4)ccc3C2=O)C(=O)N1. The van der Waals surface area contributed by atoms with Gasteiger partial charge in [0.15, 0.2) is 0 Å². The number of carbonyl (C=O) groups excluding carboxylic acids is 3. The molecule has 2 saturated heterocycles. The summed E-state index contributed by atoms with van der Waals surface area (Å²) in [6.45, 7) is 2.68. The molecule has 1 N–H and O–H groups in total. The van der Waals surface area contributed by atoms with E-state index in [-0.39, 0.29) is 24.3 Å². The van der Waals surface area contributed by atoms with Gasteiger partial charge in [0, 0.05) is 43.2 Å².